The lowest BCUT2D eigenvalue weighted by molar-refractivity contribution is 0.0943. The van der Waals surface area contributed by atoms with Crippen molar-refractivity contribution in [2.45, 2.75) is 20.0 Å². The molecular weight excluding hydrogens is 380 g/mol. The van der Waals surface area contributed by atoms with E-state index in [0.717, 1.165) is 23.4 Å². The third-order valence-corrected chi connectivity index (χ3v) is 4.85. The normalized spacial score (nSPS) is 10.9. The number of anilines is 1. The molecule has 0 unspecified atom stereocenters. The molecule has 2 N–H and O–H groups in total. The Morgan fingerprint density at radius 1 is 1.00 bits per heavy atom. The number of para-hydroxylation sites is 2. The van der Waals surface area contributed by atoms with E-state index in [1.807, 2.05) is 37.3 Å². The summed E-state index contributed by atoms with van der Waals surface area (Å²) in [5.74, 6) is 0.623. The zero-order chi connectivity index (χ0) is 21.1. The first-order valence-corrected chi connectivity index (χ1v) is 9.69. The van der Waals surface area contributed by atoms with Crippen LogP contribution in [0.3, 0.4) is 0 Å². The van der Waals surface area contributed by atoms with Gasteiger partial charge in [0.1, 0.15) is 11.6 Å². The molecule has 2 amide bonds. The molecule has 0 saturated carbocycles. The first kappa shape index (κ1) is 19.4. The third-order valence-electron chi connectivity index (χ3n) is 4.85. The summed E-state index contributed by atoms with van der Waals surface area (Å²) in [5, 5.41) is 9.86. The molecule has 0 fully saturated rings. The summed E-state index contributed by atoms with van der Waals surface area (Å²) in [7, 11) is 1.67. The number of fused-ring (bicyclic) bond motifs is 1. The number of amides is 2. The van der Waals surface area contributed by atoms with Gasteiger partial charge in [0.2, 0.25) is 0 Å². The highest BCUT2D eigenvalue weighted by Crippen LogP contribution is 2.16. The van der Waals surface area contributed by atoms with Crippen LogP contribution in [0.4, 0.5) is 5.82 Å². The molecule has 0 bridgehead atoms. The van der Waals surface area contributed by atoms with E-state index in [0.29, 0.717) is 11.4 Å². The van der Waals surface area contributed by atoms with Crippen LogP contribution in [-0.2, 0) is 20.1 Å². The van der Waals surface area contributed by atoms with Crippen LogP contribution in [0.25, 0.3) is 11.0 Å². The Hall–Kier alpha value is -3.94. The number of benzene rings is 2. The van der Waals surface area contributed by atoms with Gasteiger partial charge in [-0.15, -0.1) is 0 Å². The number of carbonyl (C=O) groups excluding carboxylic acids is 2. The van der Waals surface area contributed by atoms with Gasteiger partial charge in [0.25, 0.3) is 11.8 Å². The molecule has 0 saturated heterocycles. The first-order chi connectivity index (χ1) is 14.6. The zero-order valence-corrected chi connectivity index (χ0v) is 16.8. The molecule has 0 radical (unpaired) electrons. The van der Waals surface area contributed by atoms with Gasteiger partial charge in [-0.3, -0.25) is 14.3 Å². The van der Waals surface area contributed by atoms with Crippen molar-refractivity contribution in [2.75, 3.05) is 5.32 Å². The maximum absolute atomic E-state index is 12.6. The summed E-state index contributed by atoms with van der Waals surface area (Å²) in [6.45, 7) is 3.08. The van der Waals surface area contributed by atoms with Crippen LogP contribution in [0, 0.1) is 0 Å². The van der Waals surface area contributed by atoms with Crippen molar-refractivity contribution in [2.24, 2.45) is 7.05 Å². The van der Waals surface area contributed by atoms with Gasteiger partial charge < -0.3 is 15.2 Å². The minimum absolute atomic E-state index is 0.222. The second kappa shape index (κ2) is 8.20. The molecule has 4 aromatic rings. The predicted octanol–water partition coefficient (Wildman–Crippen LogP) is 2.97. The van der Waals surface area contributed by atoms with E-state index in [-0.39, 0.29) is 24.1 Å². The molecule has 0 aliphatic rings. The highest BCUT2D eigenvalue weighted by molar-refractivity contribution is 6.04. The van der Waals surface area contributed by atoms with Gasteiger partial charge in [0.15, 0.2) is 5.69 Å². The fourth-order valence-electron chi connectivity index (χ4n) is 3.34. The summed E-state index contributed by atoms with van der Waals surface area (Å²) in [4.78, 5) is 29.6. The third kappa shape index (κ3) is 3.80. The summed E-state index contributed by atoms with van der Waals surface area (Å²) in [6, 6.07) is 18.3. The second-order valence-corrected chi connectivity index (χ2v) is 6.80. The van der Waals surface area contributed by atoms with Crippen molar-refractivity contribution in [3.63, 3.8) is 0 Å². The molecule has 8 nitrogen and oxygen atoms in total. The van der Waals surface area contributed by atoms with Crippen molar-refractivity contribution < 1.29 is 9.59 Å². The van der Waals surface area contributed by atoms with Crippen molar-refractivity contribution in [1.82, 2.24) is 24.6 Å². The van der Waals surface area contributed by atoms with Crippen molar-refractivity contribution >= 4 is 28.7 Å². The highest BCUT2D eigenvalue weighted by Gasteiger charge is 2.16. The predicted molar refractivity (Wildman–Crippen MR) is 114 cm³/mol. The number of hydrogen-bond acceptors (Lipinski definition) is 4. The average molecular weight is 402 g/mol. The van der Waals surface area contributed by atoms with Crippen LogP contribution in [0.15, 0.2) is 60.7 Å². The van der Waals surface area contributed by atoms with Gasteiger partial charge in [-0.25, -0.2) is 4.98 Å². The maximum atomic E-state index is 12.6. The summed E-state index contributed by atoms with van der Waals surface area (Å²) < 4.78 is 3.54. The summed E-state index contributed by atoms with van der Waals surface area (Å²) in [5.41, 5.74) is 2.68. The Morgan fingerprint density at radius 3 is 2.50 bits per heavy atom. The standard InChI is InChI=1S/C22H22N6O2/c1-3-28-18-12-8-7-11-16(18)24-20(28)14-23-22(30)17-13-19(27(2)26-17)25-21(29)15-9-5-4-6-10-15/h4-13H,3,14H2,1-2H3,(H,23,30)(H,25,29). The van der Waals surface area contributed by atoms with Crippen LogP contribution in [0.5, 0.6) is 0 Å². The van der Waals surface area contributed by atoms with E-state index in [9.17, 15) is 9.59 Å². The Morgan fingerprint density at radius 2 is 1.73 bits per heavy atom. The smallest absolute Gasteiger partial charge is 0.272 e. The largest absolute Gasteiger partial charge is 0.343 e. The zero-order valence-electron chi connectivity index (χ0n) is 16.8. The SMILES string of the molecule is CCn1c(CNC(=O)c2cc(NC(=O)c3ccccc3)n(C)n2)nc2ccccc21. The number of rotatable bonds is 6. The molecule has 2 aromatic carbocycles. The number of imidazole rings is 1. The fourth-order valence-corrected chi connectivity index (χ4v) is 3.34. The van der Waals surface area contributed by atoms with Crippen LogP contribution < -0.4 is 10.6 Å². The van der Waals surface area contributed by atoms with E-state index < -0.39 is 0 Å². The Kier molecular flexibility index (Phi) is 5.30. The highest BCUT2D eigenvalue weighted by atomic mass is 16.2. The lowest BCUT2D eigenvalue weighted by Gasteiger charge is -2.06. The van der Waals surface area contributed by atoms with E-state index in [1.165, 1.54) is 4.68 Å². The molecule has 0 aliphatic carbocycles. The Balaban J connectivity index is 1.46. The van der Waals surface area contributed by atoms with Crippen LogP contribution >= 0.6 is 0 Å². The molecule has 30 heavy (non-hydrogen) atoms. The first-order valence-electron chi connectivity index (χ1n) is 9.69. The van der Waals surface area contributed by atoms with Gasteiger partial charge in [0.05, 0.1) is 17.6 Å². The number of hydrogen-bond donors (Lipinski definition) is 2. The van der Waals surface area contributed by atoms with Crippen molar-refractivity contribution in [3.8, 4) is 0 Å². The Labute approximate surface area is 173 Å². The molecule has 0 aliphatic heterocycles. The molecule has 2 aromatic heterocycles. The minimum atomic E-state index is -0.333. The number of carbonyl (C=O) groups is 2. The van der Waals surface area contributed by atoms with Gasteiger partial charge >= 0.3 is 0 Å². The lowest BCUT2D eigenvalue weighted by Crippen LogP contribution is -2.25. The maximum Gasteiger partial charge on any atom is 0.272 e. The average Bonchev–Trinajstić information content (AvgIpc) is 3.32. The number of aromatic nitrogens is 4. The summed E-state index contributed by atoms with van der Waals surface area (Å²) in [6.07, 6.45) is 0. The molecule has 4 rings (SSSR count). The van der Waals surface area contributed by atoms with Crippen molar-refractivity contribution in [1.29, 1.82) is 0 Å². The minimum Gasteiger partial charge on any atom is -0.343 e. The topological polar surface area (TPSA) is 93.8 Å². The van der Waals surface area contributed by atoms with Gasteiger partial charge in [-0.05, 0) is 31.2 Å². The van der Waals surface area contributed by atoms with Gasteiger partial charge in [0, 0.05) is 25.2 Å². The second-order valence-electron chi connectivity index (χ2n) is 6.80. The van der Waals surface area contributed by atoms with E-state index in [2.05, 4.69) is 25.3 Å². The molecule has 0 spiro atoms. The van der Waals surface area contributed by atoms with Crippen LogP contribution in [-0.4, -0.2) is 31.1 Å². The van der Waals surface area contributed by atoms with Crippen LogP contribution in [0.1, 0.15) is 33.6 Å². The van der Waals surface area contributed by atoms with Gasteiger partial charge in [-0.1, -0.05) is 30.3 Å². The lowest BCUT2D eigenvalue weighted by atomic mass is 10.2. The van der Waals surface area contributed by atoms with E-state index in [4.69, 9.17) is 0 Å². The van der Waals surface area contributed by atoms with E-state index >= 15 is 0 Å². The quantitative estimate of drug-likeness (QED) is 0.518. The number of nitrogens with zero attached hydrogens (tertiary/aromatic N) is 4. The monoisotopic (exact) mass is 402 g/mol. The number of nitrogens with one attached hydrogen (secondary N) is 2. The Bertz CT molecular complexity index is 1210. The fraction of sp³-hybridized carbons (Fsp3) is 0.182. The summed E-state index contributed by atoms with van der Waals surface area (Å²) >= 11 is 0. The molecule has 0 atom stereocenters. The van der Waals surface area contributed by atoms with Crippen LogP contribution in [0.2, 0.25) is 0 Å². The van der Waals surface area contributed by atoms with E-state index in [1.54, 1.807) is 37.4 Å². The van der Waals surface area contributed by atoms with Crippen molar-refractivity contribution in [3.05, 3.63) is 77.7 Å². The molecule has 152 valence electrons. The molecule has 8 heteroatoms. The van der Waals surface area contributed by atoms with Gasteiger partial charge in [-0.2, -0.15) is 5.10 Å². The molecule has 2 heterocycles. The molecular formula is C22H22N6O2. The number of aryl methyl sites for hydroxylation is 2.